The highest BCUT2D eigenvalue weighted by atomic mass is 35.5. The summed E-state index contributed by atoms with van der Waals surface area (Å²) in [6.07, 6.45) is 2.98. The molecule has 94 valence electrons. The molecular formula is C12H17ClN2O2. The van der Waals surface area contributed by atoms with Crippen molar-refractivity contribution in [3.05, 3.63) is 33.6 Å². The first kappa shape index (κ1) is 13.9. The number of halogens is 1. The summed E-state index contributed by atoms with van der Waals surface area (Å²) in [7, 11) is 0. The van der Waals surface area contributed by atoms with Gasteiger partial charge in [0.2, 0.25) is 0 Å². The van der Waals surface area contributed by atoms with Crippen LogP contribution in [0.3, 0.4) is 0 Å². The average Bonchev–Trinajstić information content (AvgIpc) is 2.19. The van der Waals surface area contributed by atoms with Crippen LogP contribution in [0.5, 0.6) is 0 Å². The summed E-state index contributed by atoms with van der Waals surface area (Å²) in [4.78, 5) is 14.6. The molecule has 0 saturated heterocycles. The molecule has 0 saturated carbocycles. The molecule has 1 unspecified atom stereocenters. The molecule has 0 spiro atoms. The lowest BCUT2D eigenvalue weighted by atomic mass is 10.0. The average molecular weight is 257 g/mol. The van der Waals surface area contributed by atoms with E-state index in [1.54, 1.807) is 6.92 Å². The highest BCUT2D eigenvalue weighted by Gasteiger charge is 2.15. The Labute approximate surface area is 106 Å². The van der Waals surface area contributed by atoms with Gasteiger partial charge >= 0.3 is 0 Å². The van der Waals surface area contributed by atoms with Crippen molar-refractivity contribution < 1.29 is 4.92 Å². The second kappa shape index (κ2) is 5.96. The second-order valence-corrected chi connectivity index (χ2v) is 5.27. The third-order valence-corrected chi connectivity index (χ3v) is 2.82. The molecule has 1 heterocycles. The monoisotopic (exact) mass is 256 g/mol. The number of nitro groups is 1. The molecule has 0 aliphatic rings. The number of rotatable bonds is 5. The predicted molar refractivity (Wildman–Crippen MR) is 68.4 cm³/mol. The van der Waals surface area contributed by atoms with Gasteiger partial charge in [0.1, 0.15) is 0 Å². The normalized spacial score (nSPS) is 12.8. The third kappa shape index (κ3) is 4.30. The van der Waals surface area contributed by atoms with Crippen molar-refractivity contribution in [3.8, 4) is 0 Å². The highest BCUT2D eigenvalue weighted by Crippen LogP contribution is 2.20. The molecule has 0 amide bonds. The van der Waals surface area contributed by atoms with E-state index in [2.05, 4.69) is 18.8 Å². The van der Waals surface area contributed by atoms with Crippen molar-refractivity contribution in [2.75, 3.05) is 0 Å². The molecule has 1 rings (SSSR count). The number of hydrogen-bond acceptors (Lipinski definition) is 3. The quantitative estimate of drug-likeness (QED) is 0.460. The summed E-state index contributed by atoms with van der Waals surface area (Å²) in [5.41, 5.74) is 1.38. The van der Waals surface area contributed by atoms with Gasteiger partial charge in [-0.05, 0) is 19.3 Å². The first-order chi connectivity index (χ1) is 7.90. The van der Waals surface area contributed by atoms with Crippen LogP contribution in [0.2, 0.25) is 0 Å². The van der Waals surface area contributed by atoms with Crippen LogP contribution < -0.4 is 0 Å². The highest BCUT2D eigenvalue weighted by molar-refractivity contribution is 6.20. The molecule has 4 nitrogen and oxygen atoms in total. The Kier molecular flexibility index (Phi) is 4.87. The van der Waals surface area contributed by atoms with Gasteiger partial charge in [-0.25, -0.2) is 0 Å². The number of hydrogen-bond donors (Lipinski definition) is 0. The minimum absolute atomic E-state index is 0.0233. The Morgan fingerprint density at radius 2 is 2.18 bits per heavy atom. The standard InChI is InChI=1S/C12H17ClN2O2/c1-8(2)4-10(13)5-11-6-12(15(16)17)9(3)7-14-11/h6-8,10H,4-5H2,1-3H3. The zero-order valence-electron chi connectivity index (χ0n) is 10.3. The van der Waals surface area contributed by atoms with Crippen LogP contribution in [0.4, 0.5) is 5.69 Å². The van der Waals surface area contributed by atoms with Crippen LogP contribution in [0.25, 0.3) is 0 Å². The Balaban J connectivity index is 2.79. The zero-order chi connectivity index (χ0) is 13.0. The van der Waals surface area contributed by atoms with Gasteiger partial charge in [0.15, 0.2) is 0 Å². The number of nitrogens with zero attached hydrogens (tertiary/aromatic N) is 2. The summed E-state index contributed by atoms with van der Waals surface area (Å²) in [6, 6.07) is 1.52. The topological polar surface area (TPSA) is 56.0 Å². The van der Waals surface area contributed by atoms with E-state index in [9.17, 15) is 10.1 Å². The maximum Gasteiger partial charge on any atom is 0.275 e. The fourth-order valence-electron chi connectivity index (χ4n) is 1.68. The molecule has 0 N–H and O–H groups in total. The molecule has 0 aliphatic carbocycles. The van der Waals surface area contributed by atoms with E-state index in [1.807, 2.05) is 0 Å². The molecule has 17 heavy (non-hydrogen) atoms. The molecule has 0 aromatic carbocycles. The van der Waals surface area contributed by atoms with Gasteiger partial charge in [0.25, 0.3) is 5.69 Å². The molecule has 5 heteroatoms. The fourth-order valence-corrected chi connectivity index (χ4v) is 2.20. The SMILES string of the molecule is Cc1cnc(CC(Cl)CC(C)C)cc1[N+](=O)[O-]. The third-order valence-electron chi connectivity index (χ3n) is 2.49. The van der Waals surface area contributed by atoms with Crippen LogP contribution in [0.15, 0.2) is 12.3 Å². The maximum atomic E-state index is 10.8. The zero-order valence-corrected chi connectivity index (χ0v) is 11.1. The van der Waals surface area contributed by atoms with E-state index in [0.29, 0.717) is 23.6 Å². The van der Waals surface area contributed by atoms with Gasteiger partial charge < -0.3 is 0 Å². The minimum atomic E-state index is -0.383. The van der Waals surface area contributed by atoms with Crippen molar-refractivity contribution in [1.29, 1.82) is 0 Å². The van der Waals surface area contributed by atoms with Gasteiger partial charge in [0.05, 0.1) is 4.92 Å². The summed E-state index contributed by atoms with van der Waals surface area (Å²) in [5, 5.41) is 10.8. The van der Waals surface area contributed by atoms with Gasteiger partial charge in [-0.15, -0.1) is 11.6 Å². The van der Waals surface area contributed by atoms with E-state index in [1.165, 1.54) is 12.3 Å². The van der Waals surface area contributed by atoms with Crippen LogP contribution in [0, 0.1) is 23.0 Å². The largest absolute Gasteiger partial charge is 0.275 e. The van der Waals surface area contributed by atoms with Crippen molar-refractivity contribution in [3.63, 3.8) is 0 Å². The van der Waals surface area contributed by atoms with Crippen LogP contribution in [-0.2, 0) is 6.42 Å². The Morgan fingerprint density at radius 1 is 1.53 bits per heavy atom. The molecule has 0 fully saturated rings. The van der Waals surface area contributed by atoms with E-state index in [4.69, 9.17) is 11.6 Å². The predicted octanol–water partition coefficient (Wildman–Crippen LogP) is 3.49. The lowest BCUT2D eigenvalue weighted by Gasteiger charge is -2.11. The Hall–Kier alpha value is -1.16. The summed E-state index contributed by atoms with van der Waals surface area (Å²) in [6.45, 7) is 5.88. The van der Waals surface area contributed by atoms with Crippen molar-refractivity contribution >= 4 is 17.3 Å². The van der Waals surface area contributed by atoms with Gasteiger partial charge in [-0.2, -0.15) is 0 Å². The van der Waals surface area contributed by atoms with Gasteiger partial charge in [-0.3, -0.25) is 15.1 Å². The number of aromatic nitrogens is 1. The molecular weight excluding hydrogens is 240 g/mol. The summed E-state index contributed by atoms with van der Waals surface area (Å²) >= 11 is 6.17. The maximum absolute atomic E-state index is 10.8. The van der Waals surface area contributed by atoms with E-state index >= 15 is 0 Å². The lowest BCUT2D eigenvalue weighted by molar-refractivity contribution is -0.385. The minimum Gasteiger partial charge on any atom is -0.260 e. The van der Waals surface area contributed by atoms with E-state index in [0.717, 1.165) is 6.42 Å². The molecule has 0 radical (unpaired) electrons. The first-order valence-corrected chi connectivity index (χ1v) is 6.07. The molecule has 0 bridgehead atoms. The number of aryl methyl sites for hydroxylation is 1. The van der Waals surface area contributed by atoms with Crippen LogP contribution in [0.1, 0.15) is 31.5 Å². The number of alkyl halides is 1. The molecule has 0 aliphatic heterocycles. The Bertz CT molecular complexity index is 407. The summed E-state index contributed by atoms with van der Waals surface area (Å²) in [5.74, 6) is 0.512. The smallest absolute Gasteiger partial charge is 0.260 e. The van der Waals surface area contributed by atoms with Crippen molar-refractivity contribution in [2.45, 2.75) is 39.0 Å². The fraction of sp³-hybridized carbons (Fsp3) is 0.583. The van der Waals surface area contributed by atoms with Gasteiger partial charge in [0, 0.05) is 35.3 Å². The van der Waals surface area contributed by atoms with Crippen molar-refractivity contribution in [1.82, 2.24) is 4.98 Å². The summed E-state index contributed by atoms with van der Waals surface area (Å²) < 4.78 is 0. The van der Waals surface area contributed by atoms with Gasteiger partial charge in [-0.1, -0.05) is 13.8 Å². The van der Waals surface area contributed by atoms with E-state index in [-0.39, 0.29) is 16.0 Å². The molecule has 1 aromatic heterocycles. The van der Waals surface area contributed by atoms with Crippen LogP contribution in [-0.4, -0.2) is 15.3 Å². The van der Waals surface area contributed by atoms with Crippen molar-refractivity contribution in [2.24, 2.45) is 5.92 Å². The molecule has 1 aromatic rings. The second-order valence-electron chi connectivity index (χ2n) is 4.65. The lowest BCUT2D eigenvalue weighted by Crippen LogP contribution is -2.09. The Morgan fingerprint density at radius 3 is 2.71 bits per heavy atom. The van der Waals surface area contributed by atoms with Crippen LogP contribution >= 0.6 is 11.6 Å². The molecule has 1 atom stereocenters. The first-order valence-electron chi connectivity index (χ1n) is 5.64. The number of pyridine rings is 1. The van der Waals surface area contributed by atoms with E-state index < -0.39 is 0 Å².